The number of aryl methyl sites for hydroxylation is 1. The second-order valence-electron chi connectivity index (χ2n) is 5.22. The number of amides is 1. The second kappa shape index (κ2) is 6.37. The minimum atomic E-state index is -0.0826. The maximum atomic E-state index is 12.4. The van der Waals surface area contributed by atoms with Crippen molar-refractivity contribution < 1.29 is 4.79 Å². The summed E-state index contributed by atoms with van der Waals surface area (Å²) in [5, 5.41) is 5.30. The van der Waals surface area contributed by atoms with E-state index in [1.165, 1.54) is 10.9 Å². The first-order chi connectivity index (χ1) is 10.7. The summed E-state index contributed by atoms with van der Waals surface area (Å²) in [6, 6.07) is 20.0. The summed E-state index contributed by atoms with van der Waals surface area (Å²) in [6.07, 6.45) is 1.03. The SMILES string of the molecule is CCc1ccc2cc(NC(=O)c3ccccc3[As])ccc2c1. The number of carbonyl (C=O) groups is 1. The molecule has 3 aromatic rings. The number of nitrogens with one attached hydrogen (secondary N) is 1. The summed E-state index contributed by atoms with van der Waals surface area (Å²) in [7, 11) is 0. The van der Waals surface area contributed by atoms with Gasteiger partial charge in [-0.25, -0.2) is 0 Å². The van der Waals surface area contributed by atoms with Crippen LogP contribution in [0.25, 0.3) is 10.8 Å². The van der Waals surface area contributed by atoms with Crippen molar-refractivity contribution in [2.75, 3.05) is 5.32 Å². The number of hydrogen-bond acceptors (Lipinski definition) is 1. The number of fused-ring (bicyclic) bond motifs is 1. The number of anilines is 1. The Hall–Kier alpha value is -2.05. The van der Waals surface area contributed by atoms with Gasteiger partial charge in [-0.2, -0.15) is 0 Å². The molecular weight excluding hydrogens is 333 g/mol. The molecule has 1 amide bonds. The van der Waals surface area contributed by atoms with Crippen molar-refractivity contribution in [3.63, 3.8) is 0 Å². The van der Waals surface area contributed by atoms with Crippen LogP contribution in [-0.2, 0) is 6.42 Å². The minimum absolute atomic E-state index is 0.0826. The van der Waals surface area contributed by atoms with Crippen LogP contribution < -0.4 is 9.67 Å². The fourth-order valence-corrected chi connectivity index (χ4v) is 3.01. The molecule has 2 nitrogen and oxygen atoms in total. The monoisotopic (exact) mass is 349 g/mol. The van der Waals surface area contributed by atoms with Crippen molar-refractivity contribution in [3.8, 4) is 0 Å². The molecule has 0 fully saturated rings. The molecule has 108 valence electrons. The fraction of sp³-hybridized carbons (Fsp3) is 0.105. The Kier molecular flexibility index (Phi) is 4.31. The molecule has 0 spiro atoms. The Balaban J connectivity index is 1.88. The van der Waals surface area contributed by atoms with E-state index in [4.69, 9.17) is 0 Å². The molecule has 0 heterocycles. The van der Waals surface area contributed by atoms with E-state index >= 15 is 0 Å². The summed E-state index contributed by atoms with van der Waals surface area (Å²) in [5.41, 5.74) is 2.82. The van der Waals surface area contributed by atoms with Gasteiger partial charge in [-0.3, -0.25) is 0 Å². The summed E-state index contributed by atoms with van der Waals surface area (Å²) in [4.78, 5) is 12.4. The Bertz CT molecular complexity index is 842. The summed E-state index contributed by atoms with van der Waals surface area (Å²) in [6.45, 7) is 2.15. The van der Waals surface area contributed by atoms with E-state index in [9.17, 15) is 4.79 Å². The third-order valence-corrected chi connectivity index (χ3v) is 4.54. The molecule has 0 aliphatic rings. The zero-order valence-electron chi connectivity index (χ0n) is 12.3. The van der Waals surface area contributed by atoms with Gasteiger partial charge in [0.25, 0.3) is 0 Å². The zero-order chi connectivity index (χ0) is 15.5. The van der Waals surface area contributed by atoms with Crippen LogP contribution in [0.2, 0.25) is 0 Å². The van der Waals surface area contributed by atoms with E-state index in [-0.39, 0.29) is 5.91 Å². The van der Waals surface area contributed by atoms with Crippen LogP contribution in [0.5, 0.6) is 0 Å². The average molecular weight is 349 g/mol. The first-order valence-corrected chi connectivity index (χ1v) is 8.23. The molecule has 22 heavy (non-hydrogen) atoms. The molecule has 0 saturated heterocycles. The topological polar surface area (TPSA) is 29.1 Å². The molecular formula is C19H16AsNO. The second-order valence-corrected chi connectivity index (χ2v) is 6.23. The van der Waals surface area contributed by atoms with Crippen LogP contribution in [0, 0.1) is 0 Å². The Labute approximate surface area is 139 Å². The molecule has 3 rings (SSSR count). The van der Waals surface area contributed by atoms with E-state index in [1.54, 1.807) is 0 Å². The number of hydrogen-bond donors (Lipinski definition) is 1. The van der Waals surface area contributed by atoms with Crippen molar-refractivity contribution in [3.05, 3.63) is 71.8 Å². The predicted octanol–water partition coefficient (Wildman–Crippen LogP) is 3.45. The molecule has 1 N–H and O–H groups in total. The zero-order valence-corrected chi connectivity index (χ0v) is 14.2. The standard InChI is InChI=1S/C19H16AsNO/c1-2-13-7-8-15-12-16(10-9-14(15)11-13)21-19(22)17-5-3-4-6-18(17)20/h3-12H,2H2,1H3,(H,21,22). The van der Waals surface area contributed by atoms with E-state index in [0.29, 0.717) is 5.56 Å². The number of benzene rings is 3. The van der Waals surface area contributed by atoms with Gasteiger partial charge in [0, 0.05) is 0 Å². The quantitative estimate of drug-likeness (QED) is 0.721. The summed E-state index contributed by atoms with van der Waals surface area (Å²) >= 11 is 2.43. The van der Waals surface area contributed by atoms with Gasteiger partial charge in [0.2, 0.25) is 0 Å². The normalized spacial score (nSPS) is 10.6. The Morgan fingerprint density at radius 1 is 1.00 bits per heavy atom. The van der Waals surface area contributed by atoms with E-state index in [1.807, 2.05) is 36.4 Å². The van der Waals surface area contributed by atoms with Gasteiger partial charge in [-0.05, 0) is 0 Å². The van der Waals surface area contributed by atoms with Crippen molar-refractivity contribution in [1.82, 2.24) is 0 Å². The molecule has 0 unspecified atom stereocenters. The molecule has 0 aliphatic heterocycles. The van der Waals surface area contributed by atoms with E-state index in [2.05, 4.69) is 53.4 Å². The van der Waals surface area contributed by atoms with Gasteiger partial charge in [-0.15, -0.1) is 0 Å². The van der Waals surface area contributed by atoms with Crippen LogP contribution in [0.15, 0.2) is 60.7 Å². The van der Waals surface area contributed by atoms with Crippen molar-refractivity contribution >= 4 is 43.6 Å². The van der Waals surface area contributed by atoms with Crippen LogP contribution in [0.1, 0.15) is 22.8 Å². The third-order valence-electron chi connectivity index (χ3n) is 3.72. The molecule has 2 radical (unpaired) electrons. The van der Waals surface area contributed by atoms with Crippen LogP contribution in [-0.4, -0.2) is 22.8 Å². The first-order valence-electron chi connectivity index (χ1n) is 7.29. The van der Waals surface area contributed by atoms with Crippen molar-refractivity contribution in [2.45, 2.75) is 13.3 Å². The maximum absolute atomic E-state index is 12.4. The molecule has 0 bridgehead atoms. The predicted molar refractivity (Wildman–Crippen MR) is 93.1 cm³/mol. The van der Waals surface area contributed by atoms with Gasteiger partial charge in [-0.1, -0.05) is 0 Å². The van der Waals surface area contributed by atoms with Gasteiger partial charge in [0.05, 0.1) is 0 Å². The summed E-state index contributed by atoms with van der Waals surface area (Å²) < 4.78 is 0.917. The van der Waals surface area contributed by atoms with Gasteiger partial charge in [0.15, 0.2) is 0 Å². The molecule has 0 saturated carbocycles. The molecule has 3 heteroatoms. The van der Waals surface area contributed by atoms with Gasteiger partial charge >= 0.3 is 139 Å². The average Bonchev–Trinajstić information content (AvgIpc) is 2.54. The van der Waals surface area contributed by atoms with Crippen molar-refractivity contribution in [2.24, 2.45) is 0 Å². The molecule has 0 aromatic heterocycles. The van der Waals surface area contributed by atoms with Gasteiger partial charge < -0.3 is 0 Å². The number of rotatable bonds is 3. The van der Waals surface area contributed by atoms with E-state index in [0.717, 1.165) is 21.8 Å². The fourth-order valence-electron chi connectivity index (χ4n) is 2.46. The van der Waals surface area contributed by atoms with Crippen molar-refractivity contribution in [1.29, 1.82) is 0 Å². The number of carbonyl (C=O) groups excluding carboxylic acids is 1. The summed E-state index contributed by atoms with van der Waals surface area (Å²) in [5.74, 6) is -0.0826. The van der Waals surface area contributed by atoms with Crippen LogP contribution in [0.4, 0.5) is 5.69 Å². The first kappa shape index (κ1) is 14.9. The molecule has 0 atom stereocenters. The molecule has 0 aliphatic carbocycles. The van der Waals surface area contributed by atoms with E-state index < -0.39 is 0 Å². The van der Waals surface area contributed by atoms with Crippen LogP contribution >= 0.6 is 0 Å². The van der Waals surface area contributed by atoms with Gasteiger partial charge in [0.1, 0.15) is 0 Å². The van der Waals surface area contributed by atoms with Crippen LogP contribution in [0.3, 0.4) is 0 Å². The molecule has 3 aromatic carbocycles. The Morgan fingerprint density at radius 2 is 1.73 bits per heavy atom. The Morgan fingerprint density at radius 3 is 2.50 bits per heavy atom. The third kappa shape index (κ3) is 3.07.